The summed E-state index contributed by atoms with van der Waals surface area (Å²) in [4.78, 5) is 41.1. The van der Waals surface area contributed by atoms with Gasteiger partial charge in [0.25, 0.3) is 0 Å². The van der Waals surface area contributed by atoms with Crippen molar-refractivity contribution in [3.63, 3.8) is 0 Å². The number of cyclic esters (lactones) is 1. The van der Waals surface area contributed by atoms with Gasteiger partial charge in [-0.1, -0.05) is 0 Å². The fraction of sp³-hybridized carbons (Fsp3) is 0.550. The molecule has 0 saturated carbocycles. The third-order valence-corrected chi connectivity index (χ3v) is 5.55. The molecule has 0 bridgehead atoms. The molecule has 0 aromatic heterocycles. The van der Waals surface area contributed by atoms with E-state index < -0.39 is 6.09 Å². The molecule has 162 valence electrons. The van der Waals surface area contributed by atoms with E-state index in [1.807, 2.05) is 23.1 Å². The number of amides is 3. The molecule has 30 heavy (non-hydrogen) atoms. The molecule has 4 rings (SSSR count). The number of benzene rings is 1. The Morgan fingerprint density at radius 1 is 1.27 bits per heavy atom. The van der Waals surface area contributed by atoms with Crippen LogP contribution in [0.5, 0.6) is 5.75 Å². The summed E-state index contributed by atoms with van der Waals surface area (Å²) in [5, 5.41) is 2.67. The molecule has 1 aromatic rings. The third kappa shape index (κ3) is 4.00. The summed E-state index contributed by atoms with van der Waals surface area (Å²) in [6, 6.07) is 5.74. The number of rotatable bonds is 5. The number of anilines is 2. The molecule has 0 aliphatic carbocycles. The van der Waals surface area contributed by atoms with Gasteiger partial charge in [0.15, 0.2) is 0 Å². The van der Waals surface area contributed by atoms with E-state index in [9.17, 15) is 14.4 Å². The number of methoxy groups -OCH3 is 1. The number of fused-ring (bicyclic) bond motifs is 3. The highest BCUT2D eigenvalue weighted by Crippen LogP contribution is 2.38. The Morgan fingerprint density at radius 2 is 2.10 bits per heavy atom. The maximum absolute atomic E-state index is 12.3. The molecule has 3 aliphatic rings. The first-order chi connectivity index (χ1) is 14.5. The zero-order chi connectivity index (χ0) is 21.3. The number of carbonyl (C=O) groups is 3. The molecule has 3 aliphatic heterocycles. The number of nitrogens with one attached hydrogen (secondary N) is 1. The highest BCUT2D eigenvalue weighted by molar-refractivity contribution is 5.91. The minimum Gasteiger partial charge on any atom is -0.489 e. The van der Waals surface area contributed by atoms with Gasteiger partial charge in [0.1, 0.15) is 25.1 Å². The van der Waals surface area contributed by atoms with Gasteiger partial charge in [-0.3, -0.25) is 14.5 Å². The van der Waals surface area contributed by atoms with Crippen molar-refractivity contribution in [2.45, 2.75) is 19.1 Å². The molecule has 10 heteroatoms. The topological polar surface area (TPSA) is 101 Å². The van der Waals surface area contributed by atoms with Crippen molar-refractivity contribution in [1.82, 2.24) is 10.2 Å². The van der Waals surface area contributed by atoms with Crippen LogP contribution >= 0.6 is 0 Å². The van der Waals surface area contributed by atoms with Crippen LogP contribution in [0.25, 0.3) is 0 Å². The highest BCUT2D eigenvalue weighted by Gasteiger charge is 2.36. The smallest absolute Gasteiger partial charge is 0.414 e. The molecule has 1 aromatic carbocycles. The second-order valence-corrected chi connectivity index (χ2v) is 7.64. The molecule has 0 radical (unpaired) electrons. The Labute approximate surface area is 174 Å². The molecule has 2 fully saturated rings. The fourth-order valence-corrected chi connectivity index (χ4v) is 4.06. The minimum atomic E-state index is -0.441. The van der Waals surface area contributed by atoms with Crippen LogP contribution in [0.15, 0.2) is 18.2 Å². The van der Waals surface area contributed by atoms with Crippen LogP contribution < -0.4 is 19.9 Å². The van der Waals surface area contributed by atoms with E-state index in [0.717, 1.165) is 5.69 Å². The maximum atomic E-state index is 12.3. The molecule has 1 N–H and O–H groups in total. The van der Waals surface area contributed by atoms with Gasteiger partial charge in [0.2, 0.25) is 11.8 Å². The molecule has 10 nitrogen and oxygen atoms in total. The minimum absolute atomic E-state index is 0.0142. The number of piperazine rings is 1. The zero-order valence-electron chi connectivity index (χ0n) is 17.1. The Bertz CT molecular complexity index is 847. The van der Waals surface area contributed by atoms with Gasteiger partial charge in [-0.15, -0.1) is 0 Å². The van der Waals surface area contributed by atoms with Crippen molar-refractivity contribution in [3.8, 4) is 5.75 Å². The molecule has 2 saturated heterocycles. The highest BCUT2D eigenvalue weighted by atomic mass is 16.6. The van der Waals surface area contributed by atoms with E-state index >= 15 is 0 Å². The normalized spacial score (nSPS) is 22.7. The second-order valence-electron chi connectivity index (χ2n) is 7.64. The molecule has 3 heterocycles. The number of nitrogens with zero attached hydrogens (tertiary/aromatic N) is 3. The summed E-state index contributed by atoms with van der Waals surface area (Å²) in [6.45, 7) is 4.55. The SMILES string of the molecule is COCC(=O)N1CCN2c3ccc(N4C[C@H](CNC(C)=O)OC4=O)cc3OCC2C1. The summed E-state index contributed by atoms with van der Waals surface area (Å²) in [6.07, 6.45) is -0.829. The summed E-state index contributed by atoms with van der Waals surface area (Å²) < 4.78 is 16.3. The molecule has 3 amide bonds. The van der Waals surface area contributed by atoms with E-state index in [-0.39, 0.29) is 37.1 Å². The van der Waals surface area contributed by atoms with Crippen molar-refractivity contribution in [3.05, 3.63) is 18.2 Å². The van der Waals surface area contributed by atoms with Gasteiger partial charge < -0.3 is 29.3 Å². The van der Waals surface area contributed by atoms with Crippen molar-refractivity contribution in [2.75, 3.05) is 62.8 Å². The van der Waals surface area contributed by atoms with E-state index in [0.29, 0.717) is 44.2 Å². The Hall–Kier alpha value is -3.01. The molecular weight excluding hydrogens is 392 g/mol. The lowest BCUT2D eigenvalue weighted by atomic mass is 10.1. The maximum Gasteiger partial charge on any atom is 0.414 e. The van der Waals surface area contributed by atoms with Crippen LogP contribution in [-0.4, -0.2) is 88.0 Å². The van der Waals surface area contributed by atoms with Crippen LogP contribution in [0.1, 0.15) is 6.92 Å². The summed E-state index contributed by atoms with van der Waals surface area (Å²) in [7, 11) is 1.52. The van der Waals surface area contributed by atoms with Gasteiger partial charge >= 0.3 is 6.09 Å². The largest absolute Gasteiger partial charge is 0.489 e. The first-order valence-electron chi connectivity index (χ1n) is 9.99. The number of hydrogen-bond donors (Lipinski definition) is 1. The summed E-state index contributed by atoms with van der Waals surface area (Å²) in [5.41, 5.74) is 1.65. The lowest BCUT2D eigenvalue weighted by Crippen LogP contribution is -2.58. The zero-order valence-corrected chi connectivity index (χ0v) is 17.1. The summed E-state index contributed by atoms with van der Waals surface area (Å²) >= 11 is 0. The molecule has 2 atom stereocenters. The predicted molar refractivity (Wildman–Crippen MR) is 108 cm³/mol. The van der Waals surface area contributed by atoms with E-state index in [2.05, 4.69) is 10.2 Å². The Morgan fingerprint density at radius 3 is 2.87 bits per heavy atom. The van der Waals surface area contributed by atoms with E-state index in [1.54, 1.807) is 4.90 Å². The van der Waals surface area contributed by atoms with Gasteiger partial charge in [-0.05, 0) is 12.1 Å². The predicted octanol–water partition coefficient (Wildman–Crippen LogP) is 0.204. The van der Waals surface area contributed by atoms with Gasteiger partial charge in [0, 0.05) is 39.7 Å². The fourth-order valence-electron chi connectivity index (χ4n) is 4.06. The average molecular weight is 418 g/mol. The number of hydrogen-bond acceptors (Lipinski definition) is 7. The summed E-state index contributed by atoms with van der Waals surface area (Å²) in [5.74, 6) is 0.531. The molecular formula is C20H26N4O6. The first kappa shape index (κ1) is 20.3. The molecule has 1 unspecified atom stereocenters. The lowest BCUT2D eigenvalue weighted by molar-refractivity contribution is -0.136. The van der Waals surface area contributed by atoms with Crippen LogP contribution in [0.3, 0.4) is 0 Å². The van der Waals surface area contributed by atoms with Crippen molar-refractivity contribution in [2.24, 2.45) is 0 Å². The van der Waals surface area contributed by atoms with E-state index in [4.69, 9.17) is 14.2 Å². The van der Waals surface area contributed by atoms with Crippen LogP contribution in [0.4, 0.5) is 16.2 Å². The Balaban J connectivity index is 1.44. The van der Waals surface area contributed by atoms with Crippen molar-refractivity contribution < 1.29 is 28.6 Å². The van der Waals surface area contributed by atoms with Crippen LogP contribution in [-0.2, 0) is 19.1 Å². The van der Waals surface area contributed by atoms with Gasteiger partial charge in [0.05, 0.1) is 30.5 Å². The second kappa shape index (κ2) is 8.39. The van der Waals surface area contributed by atoms with Crippen LogP contribution in [0, 0.1) is 0 Å². The third-order valence-electron chi connectivity index (χ3n) is 5.55. The average Bonchev–Trinajstić information content (AvgIpc) is 3.12. The standard InChI is InChI=1S/C20H26N4O6/c1-13(25)21-8-16-10-24(20(27)30-16)14-3-4-17-18(7-14)29-11-15-9-22(5-6-23(15)17)19(26)12-28-2/h3-4,7,15-16H,5-6,8-12H2,1-2H3,(H,21,25)/t15?,16-/m0/s1. The van der Waals surface area contributed by atoms with Gasteiger partial charge in [-0.25, -0.2) is 4.79 Å². The van der Waals surface area contributed by atoms with Crippen molar-refractivity contribution >= 4 is 29.3 Å². The quantitative estimate of drug-likeness (QED) is 0.729. The van der Waals surface area contributed by atoms with Crippen molar-refractivity contribution in [1.29, 1.82) is 0 Å². The Kier molecular flexibility index (Phi) is 5.67. The van der Waals surface area contributed by atoms with E-state index in [1.165, 1.54) is 14.0 Å². The molecule has 0 spiro atoms. The lowest BCUT2D eigenvalue weighted by Gasteiger charge is -2.45. The van der Waals surface area contributed by atoms with Gasteiger partial charge in [-0.2, -0.15) is 0 Å². The number of carbonyl (C=O) groups excluding carboxylic acids is 3. The van der Waals surface area contributed by atoms with Crippen LogP contribution in [0.2, 0.25) is 0 Å². The monoisotopic (exact) mass is 418 g/mol. The first-order valence-corrected chi connectivity index (χ1v) is 9.99. The number of ether oxygens (including phenoxy) is 3.